The van der Waals surface area contributed by atoms with Gasteiger partial charge in [0.1, 0.15) is 17.5 Å². The Morgan fingerprint density at radius 1 is 1.24 bits per heavy atom. The van der Waals surface area contributed by atoms with Gasteiger partial charge in [-0.2, -0.15) is 4.98 Å². The van der Waals surface area contributed by atoms with Crippen LogP contribution in [0.2, 0.25) is 0 Å². The van der Waals surface area contributed by atoms with Gasteiger partial charge in [0.05, 0.1) is 26.9 Å². The minimum absolute atomic E-state index is 0.0263. The minimum Gasteiger partial charge on any atom is -0.493 e. The van der Waals surface area contributed by atoms with Crippen LogP contribution in [0.3, 0.4) is 0 Å². The second-order valence-corrected chi connectivity index (χ2v) is 6.65. The van der Waals surface area contributed by atoms with Gasteiger partial charge in [0, 0.05) is 6.54 Å². The second-order valence-electron chi connectivity index (χ2n) is 6.65. The van der Waals surface area contributed by atoms with Gasteiger partial charge in [0.15, 0.2) is 11.5 Å². The summed E-state index contributed by atoms with van der Waals surface area (Å²) >= 11 is 0. The normalized spacial score (nSPS) is 15.9. The molecule has 0 bridgehead atoms. The maximum atomic E-state index is 12.3. The standard InChI is InChI=1S/C20H22N4O5/c1-5-28-20(25)17-16-18(21-10-22-19(16)29-23-17)24-7-6-12-8-14(26-3)15(27-4)9-13(12)11(24)2/h8-11H,5-7H2,1-4H3/t11-/m0/s1. The van der Waals surface area contributed by atoms with E-state index in [1.165, 1.54) is 11.9 Å². The fourth-order valence-electron chi connectivity index (χ4n) is 3.76. The number of benzene rings is 1. The zero-order valence-corrected chi connectivity index (χ0v) is 16.8. The molecule has 0 saturated heterocycles. The Morgan fingerprint density at radius 2 is 2.00 bits per heavy atom. The predicted molar refractivity (Wildman–Crippen MR) is 105 cm³/mol. The highest BCUT2D eigenvalue weighted by atomic mass is 16.5. The summed E-state index contributed by atoms with van der Waals surface area (Å²) in [7, 11) is 3.25. The lowest BCUT2D eigenvalue weighted by atomic mass is 9.92. The summed E-state index contributed by atoms with van der Waals surface area (Å²) in [4.78, 5) is 23.0. The van der Waals surface area contributed by atoms with E-state index in [2.05, 4.69) is 26.9 Å². The summed E-state index contributed by atoms with van der Waals surface area (Å²) in [6.45, 7) is 4.76. The molecule has 1 aliphatic rings. The van der Waals surface area contributed by atoms with E-state index in [9.17, 15) is 4.79 Å². The van der Waals surface area contributed by atoms with Gasteiger partial charge in [-0.1, -0.05) is 5.16 Å². The summed E-state index contributed by atoms with van der Waals surface area (Å²) in [6.07, 6.45) is 2.19. The Balaban J connectivity index is 1.80. The third-order valence-corrected chi connectivity index (χ3v) is 5.18. The highest BCUT2D eigenvalue weighted by Gasteiger charge is 2.31. The van der Waals surface area contributed by atoms with Crippen LogP contribution in [0.5, 0.6) is 11.5 Å². The van der Waals surface area contributed by atoms with E-state index in [0.717, 1.165) is 12.0 Å². The summed E-state index contributed by atoms with van der Waals surface area (Å²) in [5.41, 5.74) is 2.63. The lowest BCUT2D eigenvalue weighted by molar-refractivity contribution is 0.0517. The van der Waals surface area contributed by atoms with Crippen molar-refractivity contribution in [1.29, 1.82) is 0 Å². The first kappa shape index (κ1) is 19.0. The van der Waals surface area contributed by atoms with Gasteiger partial charge in [-0.25, -0.2) is 9.78 Å². The van der Waals surface area contributed by atoms with E-state index < -0.39 is 5.97 Å². The van der Waals surface area contributed by atoms with Crippen molar-refractivity contribution in [1.82, 2.24) is 15.1 Å². The van der Waals surface area contributed by atoms with Crippen LogP contribution in [0.4, 0.5) is 5.82 Å². The van der Waals surface area contributed by atoms with Crippen LogP contribution in [0.1, 0.15) is 41.5 Å². The number of esters is 1. The molecule has 1 aromatic carbocycles. The van der Waals surface area contributed by atoms with Crippen molar-refractivity contribution >= 4 is 22.9 Å². The number of nitrogens with zero attached hydrogens (tertiary/aromatic N) is 4. The van der Waals surface area contributed by atoms with Gasteiger partial charge < -0.3 is 23.6 Å². The second kappa shape index (κ2) is 7.57. The van der Waals surface area contributed by atoms with Crippen LogP contribution in [0.15, 0.2) is 23.0 Å². The molecular weight excluding hydrogens is 376 g/mol. The van der Waals surface area contributed by atoms with Crippen LogP contribution in [0.25, 0.3) is 11.1 Å². The monoisotopic (exact) mass is 398 g/mol. The predicted octanol–water partition coefficient (Wildman–Crippen LogP) is 2.94. The number of methoxy groups -OCH3 is 2. The summed E-state index contributed by atoms with van der Waals surface area (Å²) in [5, 5.41) is 4.33. The minimum atomic E-state index is -0.557. The number of aromatic nitrogens is 3. The maximum Gasteiger partial charge on any atom is 0.361 e. The molecule has 3 heterocycles. The van der Waals surface area contributed by atoms with Gasteiger partial charge in [0.2, 0.25) is 5.69 Å². The molecule has 1 aliphatic heterocycles. The number of rotatable bonds is 5. The van der Waals surface area contributed by atoms with Crippen molar-refractivity contribution in [3.63, 3.8) is 0 Å². The molecule has 0 spiro atoms. The SMILES string of the molecule is CCOC(=O)c1noc2ncnc(N3CCc4cc(OC)c(OC)cc4[C@@H]3C)c12. The van der Waals surface area contributed by atoms with E-state index in [4.69, 9.17) is 18.7 Å². The molecule has 0 fully saturated rings. The van der Waals surface area contributed by atoms with Crippen LogP contribution in [-0.4, -0.2) is 48.5 Å². The van der Waals surface area contributed by atoms with Crippen LogP contribution < -0.4 is 14.4 Å². The number of carbonyl (C=O) groups excluding carboxylic acids is 1. The Labute approximate surface area is 167 Å². The molecule has 0 amide bonds. The van der Waals surface area contributed by atoms with Crippen LogP contribution in [0, 0.1) is 0 Å². The van der Waals surface area contributed by atoms with Crippen molar-refractivity contribution < 1.29 is 23.5 Å². The Bertz CT molecular complexity index is 1060. The molecule has 3 aromatic rings. The Kier molecular flexibility index (Phi) is 4.96. The number of anilines is 1. The molecule has 1 atom stereocenters. The third-order valence-electron chi connectivity index (χ3n) is 5.18. The average Bonchev–Trinajstić information content (AvgIpc) is 3.18. The van der Waals surface area contributed by atoms with Crippen LogP contribution in [-0.2, 0) is 11.2 Å². The van der Waals surface area contributed by atoms with Crippen molar-refractivity contribution in [2.24, 2.45) is 0 Å². The van der Waals surface area contributed by atoms with Gasteiger partial charge in [-0.05, 0) is 43.5 Å². The van der Waals surface area contributed by atoms with Gasteiger partial charge >= 0.3 is 5.97 Å². The fourth-order valence-corrected chi connectivity index (χ4v) is 3.76. The first-order valence-corrected chi connectivity index (χ1v) is 9.38. The fraction of sp³-hybridized carbons (Fsp3) is 0.400. The number of carbonyl (C=O) groups is 1. The van der Waals surface area contributed by atoms with E-state index >= 15 is 0 Å². The number of fused-ring (bicyclic) bond motifs is 2. The zero-order valence-electron chi connectivity index (χ0n) is 16.8. The number of hydrogen-bond acceptors (Lipinski definition) is 9. The number of ether oxygens (including phenoxy) is 3. The van der Waals surface area contributed by atoms with Gasteiger partial charge in [-0.15, -0.1) is 0 Å². The summed E-state index contributed by atoms with van der Waals surface area (Å²) in [5.74, 6) is 1.41. The average molecular weight is 398 g/mol. The van der Waals surface area contributed by atoms with Gasteiger partial charge in [-0.3, -0.25) is 0 Å². The van der Waals surface area contributed by atoms with Crippen molar-refractivity contribution in [3.05, 3.63) is 35.3 Å². The molecule has 9 heteroatoms. The van der Waals surface area contributed by atoms with Crippen LogP contribution >= 0.6 is 0 Å². The molecule has 0 aliphatic carbocycles. The maximum absolute atomic E-state index is 12.3. The van der Waals surface area contributed by atoms with E-state index in [1.54, 1.807) is 21.1 Å². The molecule has 9 nitrogen and oxygen atoms in total. The highest BCUT2D eigenvalue weighted by Crippen LogP contribution is 2.40. The quantitative estimate of drug-likeness (QED) is 0.601. The molecule has 4 rings (SSSR count). The Hall–Kier alpha value is -3.36. The third kappa shape index (κ3) is 3.12. The molecular formula is C20H22N4O5. The largest absolute Gasteiger partial charge is 0.493 e. The van der Waals surface area contributed by atoms with Crippen molar-refractivity contribution in [3.8, 4) is 11.5 Å². The van der Waals surface area contributed by atoms with E-state index in [1.807, 2.05) is 12.1 Å². The van der Waals surface area contributed by atoms with Gasteiger partial charge in [0.25, 0.3) is 5.71 Å². The molecule has 0 radical (unpaired) electrons. The molecule has 0 N–H and O–H groups in total. The lowest BCUT2D eigenvalue weighted by Gasteiger charge is -2.36. The topological polar surface area (TPSA) is 99.8 Å². The Morgan fingerprint density at radius 3 is 2.72 bits per heavy atom. The van der Waals surface area contributed by atoms with Crippen molar-refractivity contribution in [2.45, 2.75) is 26.3 Å². The lowest BCUT2D eigenvalue weighted by Crippen LogP contribution is -2.35. The molecule has 2 aromatic heterocycles. The van der Waals surface area contributed by atoms with E-state index in [0.29, 0.717) is 29.2 Å². The first-order valence-electron chi connectivity index (χ1n) is 9.38. The summed E-state index contributed by atoms with van der Waals surface area (Å²) in [6, 6.07) is 3.98. The molecule has 0 unspecified atom stereocenters. The zero-order chi connectivity index (χ0) is 20.5. The van der Waals surface area contributed by atoms with Crippen molar-refractivity contribution in [2.75, 3.05) is 32.3 Å². The summed E-state index contributed by atoms with van der Waals surface area (Å²) < 4.78 is 21.3. The number of hydrogen-bond donors (Lipinski definition) is 0. The molecule has 152 valence electrons. The first-order chi connectivity index (χ1) is 14.1. The smallest absolute Gasteiger partial charge is 0.361 e. The molecule has 0 saturated carbocycles. The highest BCUT2D eigenvalue weighted by molar-refractivity contribution is 6.04. The molecule has 29 heavy (non-hydrogen) atoms. The van der Waals surface area contributed by atoms with E-state index in [-0.39, 0.29) is 24.1 Å².